The van der Waals surface area contributed by atoms with Gasteiger partial charge in [0.15, 0.2) is 5.65 Å². The number of hydrogen-bond acceptors (Lipinski definition) is 6. The van der Waals surface area contributed by atoms with E-state index in [2.05, 4.69) is 22.2 Å². The third-order valence-electron chi connectivity index (χ3n) is 6.28. The van der Waals surface area contributed by atoms with Gasteiger partial charge in [0.25, 0.3) is 5.91 Å². The van der Waals surface area contributed by atoms with Gasteiger partial charge < -0.3 is 19.7 Å². The zero-order valence-electron chi connectivity index (χ0n) is 20.6. The summed E-state index contributed by atoms with van der Waals surface area (Å²) in [6, 6.07) is 9.86. The number of pyridine rings is 2. The standard InChI is InChI=1S/C27H34N4O3/c1-5-19-10-8-9-15-31(19)27(32)22-17-28-26-21(13-11-18(4)29-26)25(22)30-23-16-20(33-6-2)12-14-24(23)34-7-3/h11-14,16-17,19H,5-10,15H2,1-4H3,(H,28,29,30)/t19-/m1/s1. The Bertz CT molecular complexity index is 1160. The lowest BCUT2D eigenvalue weighted by Crippen LogP contribution is -2.43. The topological polar surface area (TPSA) is 76.6 Å². The number of fused-ring (bicyclic) bond motifs is 1. The molecule has 0 radical (unpaired) electrons. The number of ether oxygens (including phenoxy) is 2. The largest absolute Gasteiger partial charge is 0.494 e. The number of aromatic nitrogens is 2. The van der Waals surface area contributed by atoms with Gasteiger partial charge in [0.2, 0.25) is 0 Å². The summed E-state index contributed by atoms with van der Waals surface area (Å²) < 4.78 is 11.6. The van der Waals surface area contributed by atoms with E-state index in [9.17, 15) is 4.79 Å². The highest BCUT2D eigenvalue weighted by Crippen LogP contribution is 2.36. The van der Waals surface area contributed by atoms with Crippen LogP contribution in [-0.4, -0.2) is 46.6 Å². The molecule has 1 N–H and O–H groups in total. The van der Waals surface area contributed by atoms with Gasteiger partial charge in [-0.3, -0.25) is 4.79 Å². The van der Waals surface area contributed by atoms with Crippen LogP contribution in [0.25, 0.3) is 11.0 Å². The smallest absolute Gasteiger partial charge is 0.257 e. The summed E-state index contributed by atoms with van der Waals surface area (Å²) in [7, 11) is 0. The Kier molecular flexibility index (Phi) is 7.50. The normalized spacial score (nSPS) is 15.9. The SMILES string of the molecule is CCOc1ccc(OCC)c(Nc2c(C(=O)N3CCCC[C@H]3CC)cnc3nc(C)ccc23)c1. The summed E-state index contributed by atoms with van der Waals surface area (Å²) in [4.78, 5) is 25.0. The van der Waals surface area contributed by atoms with Gasteiger partial charge in [-0.05, 0) is 70.7 Å². The predicted octanol–water partition coefficient (Wildman–Crippen LogP) is 5.88. The first-order chi connectivity index (χ1) is 16.5. The lowest BCUT2D eigenvalue weighted by molar-refractivity contribution is 0.0609. The zero-order chi connectivity index (χ0) is 24.1. The molecule has 1 aliphatic rings. The second-order valence-corrected chi connectivity index (χ2v) is 8.58. The second kappa shape index (κ2) is 10.7. The molecule has 0 aliphatic carbocycles. The van der Waals surface area contributed by atoms with Crippen molar-refractivity contribution in [3.05, 3.63) is 47.8 Å². The molecule has 0 spiro atoms. The van der Waals surface area contributed by atoms with Crippen molar-refractivity contribution in [2.24, 2.45) is 0 Å². The zero-order valence-corrected chi connectivity index (χ0v) is 20.6. The van der Waals surface area contributed by atoms with Crippen LogP contribution in [0.3, 0.4) is 0 Å². The van der Waals surface area contributed by atoms with Crippen LogP contribution in [0.2, 0.25) is 0 Å². The maximum atomic E-state index is 13.8. The van der Waals surface area contributed by atoms with Crippen LogP contribution >= 0.6 is 0 Å². The minimum Gasteiger partial charge on any atom is -0.494 e. The number of piperidine rings is 1. The number of nitrogens with zero attached hydrogens (tertiary/aromatic N) is 3. The maximum absolute atomic E-state index is 13.8. The molecule has 0 bridgehead atoms. The Morgan fingerprint density at radius 1 is 1.12 bits per heavy atom. The van der Waals surface area contributed by atoms with E-state index in [-0.39, 0.29) is 11.9 Å². The van der Waals surface area contributed by atoms with Crippen LogP contribution in [0.5, 0.6) is 11.5 Å². The van der Waals surface area contributed by atoms with E-state index < -0.39 is 0 Å². The fraction of sp³-hybridized carbons (Fsp3) is 0.444. The molecule has 7 nitrogen and oxygen atoms in total. The molecule has 4 rings (SSSR count). The van der Waals surface area contributed by atoms with E-state index in [1.54, 1.807) is 6.20 Å². The number of amides is 1. The monoisotopic (exact) mass is 462 g/mol. The van der Waals surface area contributed by atoms with E-state index in [1.807, 2.05) is 56.0 Å². The third kappa shape index (κ3) is 4.93. The second-order valence-electron chi connectivity index (χ2n) is 8.58. The number of anilines is 2. The minimum absolute atomic E-state index is 0.00273. The van der Waals surface area contributed by atoms with Crippen LogP contribution in [0.4, 0.5) is 11.4 Å². The molecule has 2 aromatic heterocycles. The quantitative estimate of drug-likeness (QED) is 0.450. The van der Waals surface area contributed by atoms with E-state index in [0.717, 1.165) is 54.7 Å². The van der Waals surface area contributed by atoms with Gasteiger partial charge >= 0.3 is 0 Å². The first-order valence-corrected chi connectivity index (χ1v) is 12.3. The number of likely N-dealkylation sites (tertiary alicyclic amines) is 1. The molecule has 34 heavy (non-hydrogen) atoms. The van der Waals surface area contributed by atoms with Crippen molar-refractivity contribution in [3.8, 4) is 11.5 Å². The summed E-state index contributed by atoms with van der Waals surface area (Å²) >= 11 is 0. The lowest BCUT2D eigenvalue weighted by atomic mass is 9.98. The van der Waals surface area contributed by atoms with E-state index in [0.29, 0.717) is 35.9 Å². The Morgan fingerprint density at radius 3 is 2.71 bits per heavy atom. The molecule has 0 unspecified atom stereocenters. The van der Waals surface area contributed by atoms with Crippen molar-refractivity contribution in [1.82, 2.24) is 14.9 Å². The molecule has 1 amide bonds. The molecule has 1 aromatic carbocycles. The molecule has 180 valence electrons. The minimum atomic E-state index is 0.00273. The Labute approximate surface area is 201 Å². The van der Waals surface area contributed by atoms with E-state index in [4.69, 9.17) is 9.47 Å². The highest BCUT2D eigenvalue weighted by Gasteiger charge is 2.29. The first-order valence-electron chi connectivity index (χ1n) is 12.3. The number of benzene rings is 1. The Morgan fingerprint density at radius 2 is 1.94 bits per heavy atom. The van der Waals surface area contributed by atoms with Crippen LogP contribution in [0.15, 0.2) is 36.5 Å². The van der Waals surface area contributed by atoms with Crippen molar-refractivity contribution < 1.29 is 14.3 Å². The van der Waals surface area contributed by atoms with Gasteiger partial charge in [0.05, 0.1) is 30.2 Å². The summed E-state index contributed by atoms with van der Waals surface area (Å²) in [6.45, 7) is 9.84. The van der Waals surface area contributed by atoms with Crippen LogP contribution in [-0.2, 0) is 0 Å². The van der Waals surface area contributed by atoms with Crippen LogP contribution in [0.1, 0.15) is 62.5 Å². The molecule has 0 saturated carbocycles. The maximum Gasteiger partial charge on any atom is 0.257 e. The number of hydrogen-bond donors (Lipinski definition) is 1. The molecule has 1 saturated heterocycles. The highest BCUT2D eigenvalue weighted by atomic mass is 16.5. The summed E-state index contributed by atoms with van der Waals surface area (Å²) in [6.07, 6.45) is 5.83. The van der Waals surface area contributed by atoms with Crippen molar-refractivity contribution >= 4 is 28.3 Å². The predicted molar refractivity (Wildman–Crippen MR) is 135 cm³/mol. The van der Waals surface area contributed by atoms with Gasteiger partial charge in [-0.2, -0.15) is 0 Å². The molecule has 1 aliphatic heterocycles. The average molecular weight is 463 g/mol. The van der Waals surface area contributed by atoms with Gasteiger partial charge in [0, 0.05) is 35.9 Å². The molecular weight excluding hydrogens is 428 g/mol. The van der Waals surface area contributed by atoms with Gasteiger partial charge in [0.1, 0.15) is 11.5 Å². The fourth-order valence-electron chi connectivity index (χ4n) is 4.60. The summed E-state index contributed by atoms with van der Waals surface area (Å²) in [5.74, 6) is 1.43. The van der Waals surface area contributed by atoms with Gasteiger partial charge in [-0.1, -0.05) is 6.92 Å². The highest BCUT2D eigenvalue weighted by molar-refractivity contribution is 6.07. The molecule has 3 aromatic rings. The van der Waals surface area contributed by atoms with Crippen LogP contribution in [0, 0.1) is 6.92 Å². The Balaban J connectivity index is 1.84. The third-order valence-corrected chi connectivity index (χ3v) is 6.28. The number of rotatable bonds is 8. The fourth-order valence-corrected chi connectivity index (χ4v) is 4.60. The first kappa shape index (κ1) is 23.8. The van der Waals surface area contributed by atoms with Crippen molar-refractivity contribution in [2.75, 3.05) is 25.1 Å². The number of carbonyl (C=O) groups excluding carboxylic acids is 1. The van der Waals surface area contributed by atoms with Crippen molar-refractivity contribution in [2.45, 2.75) is 59.4 Å². The summed E-state index contributed by atoms with van der Waals surface area (Å²) in [5.41, 5.74) is 3.45. The number of carbonyl (C=O) groups is 1. The van der Waals surface area contributed by atoms with Gasteiger partial charge in [-0.25, -0.2) is 9.97 Å². The van der Waals surface area contributed by atoms with Crippen LogP contribution < -0.4 is 14.8 Å². The van der Waals surface area contributed by atoms with E-state index in [1.165, 1.54) is 0 Å². The molecule has 1 atom stereocenters. The van der Waals surface area contributed by atoms with Crippen molar-refractivity contribution in [1.29, 1.82) is 0 Å². The summed E-state index contributed by atoms with van der Waals surface area (Å²) in [5, 5.41) is 4.30. The lowest BCUT2D eigenvalue weighted by Gasteiger charge is -2.35. The molecule has 1 fully saturated rings. The van der Waals surface area contributed by atoms with Crippen molar-refractivity contribution in [3.63, 3.8) is 0 Å². The number of nitrogens with one attached hydrogen (secondary N) is 1. The molecule has 3 heterocycles. The average Bonchev–Trinajstić information content (AvgIpc) is 2.85. The van der Waals surface area contributed by atoms with E-state index >= 15 is 0 Å². The molecule has 7 heteroatoms. The number of aryl methyl sites for hydroxylation is 1. The van der Waals surface area contributed by atoms with Gasteiger partial charge in [-0.15, -0.1) is 0 Å². The Hall–Kier alpha value is -3.35. The molecular formula is C27H34N4O3.